The lowest BCUT2D eigenvalue weighted by Crippen LogP contribution is -2.26. The molecule has 0 bridgehead atoms. The molecule has 0 fully saturated rings. The molecule has 20 heavy (non-hydrogen) atoms. The Morgan fingerprint density at radius 2 is 2.00 bits per heavy atom. The maximum absolute atomic E-state index is 11.6. The Labute approximate surface area is 120 Å². The zero-order valence-corrected chi connectivity index (χ0v) is 12.4. The van der Waals surface area contributed by atoms with Crippen molar-refractivity contribution in [3.05, 3.63) is 24.3 Å². The van der Waals surface area contributed by atoms with Gasteiger partial charge in [-0.15, -0.1) is 0 Å². The topological polar surface area (TPSA) is 62.7 Å². The molecule has 0 spiro atoms. The molecule has 1 aromatic carbocycles. The molecule has 0 radical (unpaired) electrons. The summed E-state index contributed by atoms with van der Waals surface area (Å²) in [4.78, 5) is 11.6. The quantitative estimate of drug-likeness (QED) is 0.567. The van der Waals surface area contributed by atoms with Gasteiger partial charge in [-0.2, -0.15) is 5.10 Å². The van der Waals surface area contributed by atoms with Crippen LogP contribution in [0.15, 0.2) is 29.4 Å². The smallest absolute Gasteiger partial charge is 0.259 e. The minimum absolute atomic E-state index is 0.156. The van der Waals surface area contributed by atoms with Crippen LogP contribution in [0.4, 0.5) is 5.69 Å². The van der Waals surface area contributed by atoms with Crippen LogP contribution in [0.2, 0.25) is 0 Å². The molecular weight excluding hydrogens is 254 g/mol. The highest BCUT2D eigenvalue weighted by Gasteiger charge is 2.00. The molecule has 0 saturated carbocycles. The number of amides is 1. The van der Waals surface area contributed by atoms with Crippen LogP contribution in [0.5, 0.6) is 5.75 Å². The number of unbranched alkanes of at least 4 members (excludes halogenated alkanes) is 1. The number of anilines is 1. The lowest BCUT2D eigenvalue weighted by Gasteiger charge is -2.06. The molecule has 0 saturated heterocycles. The fourth-order valence-electron chi connectivity index (χ4n) is 1.58. The lowest BCUT2D eigenvalue weighted by atomic mass is 10.2. The monoisotopic (exact) mass is 277 g/mol. The second-order valence-electron chi connectivity index (χ2n) is 4.57. The average molecular weight is 277 g/mol. The molecule has 2 N–H and O–H groups in total. The van der Waals surface area contributed by atoms with E-state index in [0.717, 1.165) is 36.4 Å². The predicted octanol–water partition coefficient (Wildman–Crippen LogP) is 2.79. The molecule has 0 aromatic heterocycles. The largest absolute Gasteiger partial charge is 0.497 e. The highest BCUT2D eigenvalue weighted by Crippen LogP contribution is 2.14. The van der Waals surface area contributed by atoms with Crippen molar-refractivity contribution in [3.63, 3.8) is 0 Å². The van der Waals surface area contributed by atoms with Gasteiger partial charge in [0.15, 0.2) is 0 Å². The maximum atomic E-state index is 11.6. The fraction of sp³-hybridized carbons (Fsp3) is 0.467. The first-order chi connectivity index (χ1) is 9.65. The molecule has 5 nitrogen and oxygen atoms in total. The summed E-state index contributed by atoms with van der Waals surface area (Å²) < 4.78 is 5.07. The summed E-state index contributed by atoms with van der Waals surface area (Å²) in [6.45, 7) is 4.24. The van der Waals surface area contributed by atoms with Gasteiger partial charge in [0, 0.05) is 11.4 Å². The zero-order chi connectivity index (χ0) is 14.8. The normalized spacial score (nSPS) is 11.1. The van der Waals surface area contributed by atoms with Crippen molar-refractivity contribution in [1.29, 1.82) is 0 Å². The Morgan fingerprint density at radius 3 is 2.60 bits per heavy atom. The number of benzene rings is 1. The summed E-state index contributed by atoms with van der Waals surface area (Å²) >= 11 is 0. The van der Waals surface area contributed by atoms with E-state index >= 15 is 0 Å². The summed E-state index contributed by atoms with van der Waals surface area (Å²) in [5, 5.41) is 7.08. The van der Waals surface area contributed by atoms with E-state index in [0.29, 0.717) is 0 Å². The van der Waals surface area contributed by atoms with Crippen LogP contribution in [-0.2, 0) is 4.79 Å². The summed E-state index contributed by atoms with van der Waals surface area (Å²) in [5.74, 6) is 0.632. The summed E-state index contributed by atoms with van der Waals surface area (Å²) in [6.07, 6.45) is 3.14. The molecule has 1 amide bonds. The van der Waals surface area contributed by atoms with Gasteiger partial charge >= 0.3 is 0 Å². The van der Waals surface area contributed by atoms with Gasteiger partial charge in [-0.1, -0.05) is 13.3 Å². The highest BCUT2D eigenvalue weighted by molar-refractivity contribution is 5.85. The molecule has 0 aliphatic carbocycles. The Hall–Kier alpha value is -2.04. The first-order valence-electron chi connectivity index (χ1n) is 6.85. The van der Waals surface area contributed by atoms with Gasteiger partial charge < -0.3 is 10.1 Å². The second kappa shape index (κ2) is 8.96. The number of rotatable bonds is 8. The average Bonchev–Trinajstić information content (AvgIpc) is 2.49. The SMILES string of the molecule is CCCCC(C)=NNC(=O)CNc1ccc(OC)cc1. The van der Waals surface area contributed by atoms with Crippen molar-refractivity contribution >= 4 is 17.3 Å². The van der Waals surface area contributed by atoms with Gasteiger partial charge in [0.05, 0.1) is 13.7 Å². The third-order valence-electron chi connectivity index (χ3n) is 2.81. The number of carbonyl (C=O) groups is 1. The van der Waals surface area contributed by atoms with Gasteiger partial charge in [-0.25, -0.2) is 5.43 Å². The van der Waals surface area contributed by atoms with Crippen molar-refractivity contribution < 1.29 is 9.53 Å². The van der Waals surface area contributed by atoms with Crippen molar-refractivity contribution in [2.75, 3.05) is 19.0 Å². The molecule has 5 heteroatoms. The van der Waals surface area contributed by atoms with Crippen LogP contribution in [0.3, 0.4) is 0 Å². The molecule has 110 valence electrons. The molecule has 1 aromatic rings. The van der Waals surface area contributed by atoms with Crippen LogP contribution >= 0.6 is 0 Å². The molecule has 0 aliphatic rings. The van der Waals surface area contributed by atoms with Gasteiger partial charge in [-0.3, -0.25) is 4.79 Å². The highest BCUT2D eigenvalue weighted by atomic mass is 16.5. The molecule has 0 unspecified atom stereocenters. The summed E-state index contributed by atoms with van der Waals surface area (Å²) in [5.41, 5.74) is 4.36. The number of methoxy groups -OCH3 is 1. The third kappa shape index (κ3) is 6.22. The standard InChI is InChI=1S/C15H23N3O2/c1-4-5-6-12(2)17-18-15(19)11-16-13-7-9-14(20-3)10-8-13/h7-10,16H,4-6,11H2,1-3H3,(H,18,19). The van der Waals surface area contributed by atoms with E-state index in [2.05, 4.69) is 22.8 Å². The van der Waals surface area contributed by atoms with Crippen LogP contribution in [-0.4, -0.2) is 25.3 Å². The van der Waals surface area contributed by atoms with E-state index in [1.165, 1.54) is 0 Å². The number of nitrogens with zero attached hydrogens (tertiary/aromatic N) is 1. The second-order valence-corrected chi connectivity index (χ2v) is 4.57. The van der Waals surface area contributed by atoms with E-state index in [-0.39, 0.29) is 12.5 Å². The van der Waals surface area contributed by atoms with E-state index in [9.17, 15) is 4.79 Å². The summed E-state index contributed by atoms with van der Waals surface area (Å²) in [7, 11) is 1.62. The zero-order valence-electron chi connectivity index (χ0n) is 12.4. The third-order valence-corrected chi connectivity index (χ3v) is 2.81. The van der Waals surface area contributed by atoms with E-state index in [1.807, 2.05) is 31.2 Å². The van der Waals surface area contributed by atoms with Gasteiger partial charge in [0.2, 0.25) is 0 Å². The van der Waals surface area contributed by atoms with E-state index < -0.39 is 0 Å². The maximum Gasteiger partial charge on any atom is 0.259 e. The Morgan fingerprint density at radius 1 is 1.30 bits per heavy atom. The molecular formula is C15H23N3O2. The van der Waals surface area contributed by atoms with Crippen molar-refractivity contribution in [2.24, 2.45) is 5.10 Å². The molecule has 0 heterocycles. The molecule has 1 rings (SSSR count). The number of carbonyl (C=O) groups excluding carboxylic acids is 1. The van der Waals surface area contributed by atoms with Crippen LogP contribution in [0.1, 0.15) is 33.1 Å². The van der Waals surface area contributed by atoms with Crippen molar-refractivity contribution in [2.45, 2.75) is 33.1 Å². The van der Waals surface area contributed by atoms with Crippen LogP contribution in [0, 0.1) is 0 Å². The molecule has 0 atom stereocenters. The van der Waals surface area contributed by atoms with Crippen molar-refractivity contribution in [1.82, 2.24) is 5.43 Å². The van der Waals surface area contributed by atoms with Crippen molar-refractivity contribution in [3.8, 4) is 5.75 Å². The number of nitrogens with one attached hydrogen (secondary N) is 2. The molecule has 0 aliphatic heterocycles. The fourth-order valence-corrected chi connectivity index (χ4v) is 1.58. The number of hydrogen-bond acceptors (Lipinski definition) is 4. The minimum Gasteiger partial charge on any atom is -0.497 e. The van der Waals surface area contributed by atoms with Crippen LogP contribution < -0.4 is 15.5 Å². The van der Waals surface area contributed by atoms with Gasteiger partial charge in [-0.05, 0) is 44.0 Å². The van der Waals surface area contributed by atoms with E-state index in [4.69, 9.17) is 4.74 Å². The number of ether oxygens (including phenoxy) is 1. The Bertz CT molecular complexity index is 441. The van der Waals surface area contributed by atoms with E-state index in [1.54, 1.807) is 7.11 Å². The van der Waals surface area contributed by atoms with Gasteiger partial charge in [0.1, 0.15) is 5.75 Å². The predicted molar refractivity (Wildman–Crippen MR) is 82.3 cm³/mol. The first-order valence-corrected chi connectivity index (χ1v) is 6.85. The Balaban J connectivity index is 2.31. The summed E-state index contributed by atoms with van der Waals surface area (Å²) in [6, 6.07) is 7.41. The first kappa shape index (κ1) is 16.0. The lowest BCUT2D eigenvalue weighted by molar-refractivity contribution is -0.119. The number of hydrogen-bond donors (Lipinski definition) is 2. The van der Waals surface area contributed by atoms with Crippen LogP contribution in [0.25, 0.3) is 0 Å². The minimum atomic E-state index is -0.156. The van der Waals surface area contributed by atoms with Gasteiger partial charge in [0.25, 0.3) is 5.91 Å². The number of hydrazone groups is 1. The Kier molecular flexibility index (Phi) is 7.17.